The van der Waals surface area contributed by atoms with Crippen molar-refractivity contribution < 1.29 is 19.7 Å². The first-order valence-corrected chi connectivity index (χ1v) is 8.85. The predicted molar refractivity (Wildman–Crippen MR) is 97.2 cm³/mol. The van der Waals surface area contributed by atoms with E-state index in [1.165, 1.54) is 0 Å². The maximum atomic E-state index is 9.20. The zero-order valence-electron chi connectivity index (χ0n) is 14.9. The van der Waals surface area contributed by atoms with Crippen LogP contribution in [-0.2, 0) is 9.47 Å². The molecule has 148 valence electrons. The van der Waals surface area contributed by atoms with E-state index >= 15 is 0 Å². The van der Waals surface area contributed by atoms with Crippen LogP contribution in [0, 0.1) is 0 Å². The zero-order valence-corrected chi connectivity index (χ0v) is 14.9. The number of hydrogen-bond donors (Lipinski definition) is 6. The molecule has 1 aliphatic rings. The minimum absolute atomic E-state index is 0.226. The Labute approximate surface area is 152 Å². The molecule has 1 aliphatic carbocycles. The Kier molecular flexibility index (Phi) is 9.28. The maximum Gasteiger partial charge on any atom is 0.229 e. The molecule has 1 heterocycles. The smallest absolute Gasteiger partial charge is 0.229 e. The number of anilines is 3. The van der Waals surface area contributed by atoms with Crippen LogP contribution in [0.4, 0.5) is 17.8 Å². The summed E-state index contributed by atoms with van der Waals surface area (Å²) in [5, 5.41) is 27.6. The molecule has 0 unspecified atom stereocenters. The van der Waals surface area contributed by atoms with E-state index in [0.717, 1.165) is 12.8 Å². The number of aliphatic hydroxyl groups excluding tert-OH is 2. The van der Waals surface area contributed by atoms with Crippen molar-refractivity contribution >= 4 is 17.8 Å². The normalized spacial score (nSPS) is 13.8. The van der Waals surface area contributed by atoms with Gasteiger partial charge in [-0.3, -0.25) is 0 Å². The third-order valence-corrected chi connectivity index (χ3v) is 3.48. The lowest BCUT2D eigenvalue weighted by Crippen LogP contribution is -2.29. The van der Waals surface area contributed by atoms with E-state index in [4.69, 9.17) is 15.2 Å². The monoisotopic (exact) mass is 371 g/mol. The molecular formula is C15H29N7O4. The first-order valence-electron chi connectivity index (χ1n) is 8.85. The van der Waals surface area contributed by atoms with Crippen molar-refractivity contribution in [3.8, 4) is 0 Å². The molecule has 0 bridgehead atoms. The van der Waals surface area contributed by atoms with Gasteiger partial charge in [0, 0.05) is 19.1 Å². The minimum Gasteiger partial charge on any atom is -0.394 e. The van der Waals surface area contributed by atoms with Crippen molar-refractivity contribution in [2.24, 2.45) is 5.73 Å². The Morgan fingerprint density at radius 2 is 1.62 bits per heavy atom. The van der Waals surface area contributed by atoms with E-state index in [-0.39, 0.29) is 19.2 Å². The lowest BCUT2D eigenvalue weighted by molar-refractivity contribution is 0.0547. The van der Waals surface area contributed by atoms with Gasteiger partial charge < -0.3 is 41.4 Å². The first kappa shape index (κ1) is 20.5. The molecule has 0 saturated heterocycles. The van der Waals surface area contributed by atoms with Gasteiger partial charge in [-0.25, -0.2) is 0 Å². The Balaban J connectivity index is 1.81. The summed E-state index contributed by atoms with van der Waals surface area (Å²) in [7, 11) is 0. The highest BCUT2D eigenvalue weighted by Crippen LogP contribution is 2.23. The third-order valence-electron chi connectivity index (χ3n) is 3.48. The van der Waals surface area contributed by atoms with Gasteiger partial charge >= 0.3 is 0 Å². The second kappa shape index (κ2) is 11.8. The van der Waals surface area contributed by atoms with Gasteiger partial charge in [0.2, 0.25) is 17.8 Å². The second-order valence-corrected chi connectivity index (χ2v) is 5.87. The molecular weight excluding hydrogens is 342 g/mol. The van der Waals surface area contributed by atoms with Crippen molar-refractivity contribution in [3.05, 3.63) is 0 Å². The molecule has 11 nitrogen and oxygen atoms in total. The van der Waals surface area contributed by atoms with E-state index in [1.807, 2.05) is 0 Å². The summed E-state index contributed by atoms with van der Waals surface area (Å²) in [6.45, 7) is 2.58. The Bertz CT molecular complexity index is 515. The van der Waals surface area contributed by atoms with Crippen LogP contribution in [0.3, 0.4) is 0 Å². The molecule has 26 heavy (non-hydrogen) atoms. The lowest BCUT2D eigenvalue weighted by Gasteiger charge is -2.15. The molecule has 0 radical (unpaired) electrons. The summed E-state index contributed by atoms with van der Waals surface area (Å²) in [6.07, 6.45) is 2.18. The summed E-state index contributed by atoms with van der Waals surface area (Å²) in [6, 6.07) is -0.141. The first-order chi connectivity index (χ1) is 12.7. The summed E-state index contributed by atoms with van der Waals surface area (Å²) < 4.78 is 10.7. The second-order valence-electron chi connectivity index (χ2n) is 5.87. The fourth-order valence-corrected chi connectivity index (χ4v) is 1.97. The predicted octanol–water partition coefficient (Wildman–Crippen LogP) is -1.39. The average Bonchev–Trinajstić information content (AvgIpc) is 3.45. The van der Waals surface area contributed by atoms with Gasteiger partial charge in [-0.2, -0.15) is 15.0 Å². The molecule has 1 fully saturated rings. The fraction of sp³-hybridized carbons (Fsp3) is 0.800. The van der Waals surface area contributed by atoms with Crippen molar-refractivity contribution in [2.45, 2.75) is 24.9 Å². The third kappa shape index (κ3) is 8.06. The van der Waals surface area contributed by atoms with Crippen LogP contribution in [0.15, 0.2) is 0 Å². The van der Waals surface area contributed by atoms with Gasteiger partial charge in [0.1, 0.15) is 0 Å². The maximum absolute atomic E-state index is 9.20. The van der Waals surface area contributed by atoms with Crippen molar-refractivity contribution in [2.75, 3.05) is 68.7 Å². The van der Waals surface area contributed by atoms with Gasteiger partial charge in [0.05, 0.1) is 45.7 Å². The summed E-state index contributed by atoms with van der Waals surface area (Å²) in [5.74, 6) is 1.14. The van der Waals surface area contributed by atoms with Crippen LogP contribution in [0.25, 0.3) is 0 Å². The number of hydrogen-bond acceptors (Lipinski definition) is 11. The molecule has 2 rings (SSSR count). The number of ether oxygens (including phenoxy) is 2. The van der Waals surface area contributed by atoms with Gasteiger partial charge in [0.25, 0.3) is 0 Å². The molecule has 0 amide bonds. The highest BCUT2D eigenvalue weighted by Gasteiger charge is 2.22. The fourth-order valence-electron chi connectivity index (χ4n) is 1.97. The van der Waals surface area contributed by atoms with Gasteiger partial charge in [-0.05, 0) is 12.8 Å². The van der Waals surface area contributed by atoms with Gasteiger partial charge in [-0.1, -0.05) is 0 Å². The standard InChI is InChI=1S/C15H29N7O4/c16-3-5-25-7-8-26-6-4-17-13-20-14(18-11-1-2-11)22-15(21-13)19-12(9-23)10-24/h11-12,23-24H,1-10,16H2,(H3,17,18,19,20,21,22). The topological polar surface area (TPSA) is 160 Å². The number of rotatable bonds is 15. The number of nitrogens with two attached hydrogens (primary N) is 1. The van der Waals surface area contributed by atoms with Crippen molar-refractivity contribution in [1.82, 2.24) is 15.0 Å². The van der Waals surface area contributed by atoms with Crippen LogP contribution >= 0.6 is 0 Å². The molecule has 0 aliphatic heterocycles. The van der Waals surface area contributed by atoms with E-state index in [1.54, 1.807) is 0 Å². The molecule has 11 heteroatoms. The molecule has 1 saturated carbocycles. The van der Waals surface area contributed by atoms with E-state index in [2.05, 4.69) is 30.9 Å². The summed E-state index contributed by atoms with van der Waals surface area (Å²) in [4.78, 5) is 12.9. The Morgan fingerprint density at radius 3 is 2.27 bits per heavy atom. The molecule has 0 spiro atoms. The van der Waals surface area contributed by atoms with Crippen LogP contribution in [0.2, 0.25) is 0 Å². The van der Waals surface area contributed by atoms with Crippen molar-refractivity contribution in [1.29, 1.82) is 0 Å². The highest BCUT2D eigenvalue weighted by atomic mass is 16.5. The molecule has 7 N–H and O–H groups in total. The van der Waals surface area contributed by atoms with E-state index < -0.39 is 6.04 Å². The van der Waals surface area contributed by atoms with Crippen LogP contribution < -0.4 is 21.7 Å². The van der Waals surface area contributed by atoms with E-state index in [9.17, 15) is 10.2 Å². The van der Waals surface area contributed by atoms with Crippen molar-refractivity contribution in [3.63, 3.8) is 0 Å². The molecule has 1 aromatic rings. The van der Waals surface area contributed by atoms with E-state index in [0.29, 0.717) is 57.5 Å². The zero-order chi connectivity index (χ0) is 18.6. The minimum atomic E-state index is -0.532. The van der Waals surface area contributed by atoms with Crippen LogP contribution in [0.5, 0.6) is 0 Å². The molecule has 1 aromatic heterocycles. The van der Waals surface area contributed by atoms with Gasteiger partial charge in [0.15, 0.2) is 0 Å². The van der Waals surface area contributed by atoms with Crippen LogP contribution in [0.1, 0.15) is 12.8 Å². The molecule has 0 aromatic carbocycles. The SMILES string of the molecule is NCCOCCOCCNc1nc(NC(CO)CO)nc(NC2CC2)n1. The average molecular weight is 371 g/mol. The Hall–Kier alpha value is -1.79. The number of aromatic nitrogens is 3. The van der Waals surface area contributed by atoms with Gasteiger partial charge in [-0.15, -0.1) is 0 Å². The number of nitrogens with zero attached hydrogens (tertiary/aromatic N) is 3. The van der Waals surface area contributed by atoms with Crippen LogP contribution in [-0.4, -0.2) is 90.0 Å². The molecule has 0 atom stereocenters. The highest BCUT2D eigenvalue weighted by molar-refractivity contribution is 5.43. The quantitative estimate of drug-likeness (QED) is 0.202. The summed E-state index contributed by atoms with van der Waals surface area (Å²) in [5.41, 5.74) is 5.33. The lowest BCUT2D eigenvalue weighted by atomic mass is 10.3. The summed E-state index contributed by atoms with van der Waals surface area (Å²) >= 11 is 0. The number of nitrogens with one attached hydrogen (secondary N) is 3. The number of aliphatic hydroxyl groups is 2. The Morgan fingerprint density at radius 1 is 0.962 bits per heavy atom. The largest absolute Gasteiger partial charge is 0.394 e.